The van der Waals surface area contributed by atoms with Crippen LogP contribution in [0.25, 0.3) is 0 Å². The number of aliphatic hydroxyl groups is 1. The van der Waals surface area contributed by atoms with E-state index in [0.717, 1.165) is 12.8 Å². The van der Waals surface area contributed by atoms with E-state index in [1.54, 1.807) is 0 Å². The minimum Gasteiger partial charge on any atom is -0.409 e. The molecule has 0 saturated heterocycles. The van der Waals surface area contributed by atoms with E-state index in [9.17, 15) is 5.11 Å². The minimum atomic E-state index is -0.264. The van der Waals surface area contributed by atoms with Gasteiger partial charge in [0.1, 0.15) is 0 Å². The van der Waals surface area contributed by atoms with Crippen LogP contribution in [0.4, 0.5) is 0 Å². The number of rotatable bonds is 4. The lowest BCUT2D eigenvalue weighted by atomic mass is 9.64. The first-order valence-corrected chi connectivity index (χ1v) is 5.35. The SMILES string of the molecule is CCC(NC1CC(O)C1(C)C)C(N)=NO. The summed E-state index contributed by atoms with van der Waals surface area (Å²) in [5, 5.41) is 24.5. The molecule has 0 aromatic rings. The molecule has 3 unspecified atom stereocenters. The Labute approximate surface area is 90.3 Å². The smallest absolute Gasteiger partial charge is 0.156 e. The summed E-state index contributed by atoms with van der Waals surface area (Å²) in [4.78, 5) is 0. The molecule has 0 amide bonds. The van der Waals surface area contributed by atoms with E-state index < -0.39 is 0 Å². The third kappa shape index (κ3) is 2.23. The predicted octanol–water partition coefficient (Wildman–Crippen LogP) is 0.260. The molecule has 1 rings (SSSR count). The van der Waals surface area contributed by atoms with Crippen LogP contribution in [-0.2, 0) is 0 Å². The Bertz CT molecular complexity index is 253. The molecular formula is C10H21N3O2. The summed E-state index contributed by atoms with van der Waals surface area (Å²) in [5.41, 5.74) is 5.42. The van der Waals surface area contributed by atoms with Crippen molar-refractivity contribution in [3.05, 3.63) is 0 Å². The quantitative estimate of drug-likeness (QED) is 0.234. The lowest BCUT2D eigenvalue weighted by Crippen LogP contribution is -2.63. The highest BCUT2D eigenvalue weighted by Gasteiger charge is 2.47. The molecule has 15 heavy (non-hydrogen) atoms. The van der Waals surface area contributed by atoms with E-state index >= 15 is 0 Å². The van der Waals surface area contributed by atoms with Crippen LogP contribution in [0.2, 0.25) is 0 Å². The van der Waals surface area contributed by atoms with Crippen LogP contribution in [0.1, 0.15) is 33.6 Å². The number of hydrogen-bond acceptors (Lipinski definition) is 4. The highest BCUT2D eigenvalue weighted by atomic mass is 16.4. The largest absolute Gasteiger partial charge is 0.409 e. The van der Waals surface area contributed by atoms with Crippen LogP contribution < -0.4 is 11.1 Å². The van der Waals surface area contributed by atoms with Gasteiger partial charge < -0.3 is 21.4 Å². The van der Waals surface area contributed by atoms with Gasteiger partial charge in [0.15, 0.2) is 5.84 Å². The molecule has 0 bridgehead atoms. The Morgan fingerprint density at radius 2 is 2.27 bits per heavy atom. The van der Waals surface area contributed by atoms with E-state index in [1.165, 1.54) is 0 Å². The zero-order valence-electron chi connectivity index (χ0n) is 9.57. The zero-order valence-corrected chi connectivity index (χ0v) is 9.57. The highest BCUT2D eigenvalue weighted by Crippen LogP contribution is 2.40. The second-order valence-corrected chi connectivity index (χ2v) is 4.78. The van der Waals surface area contributed by atoms with Crippen molar-refractivity contribution in [2.45, 2.75) is 51.8 Å². The fourth-order valence-corrected chi connectivity index (χ4v) is 1.91. The second-order valence-electron chi connectivity index (χ2n) is 4.78. The maximum Gasteiger partial charge on any atom is 0.156 e. The molecule has 0 heterocycles. The van der Waals surface area contributed by atoms with Gasteiger partial charge in [-0.3, -0.25) is 0 Å². The number of nitrogens with zero attached hydrogens (tertiary/aromatic N) is 1. The first-order valence-electron chi connectivity index (χ1n) is 5.35. The molecule has 1 fully saturated rings. The molecular weight excluding hydrogens is 194 g/mol. The van der Waals surface area contributed by atoms with Crippen molar-refractivity contribution >= 4 is 5.84 Å². The third-order valence-electron chi connectivity index (χ3n) is 3.50. The van der Waals surface area contributed by atoms with Crippen LogP contribution in [-0.4, -0.2) is 34.3 Å². The molecule has 1 saturated carbocycles. The van der Waals surface area contributed by atoms with Gasteiger partial charge in [-0.15, -0.1) is 0 Å². The fraction of sp³-hybridized carbons (Fsp3) is 0.900. The Balaban J connectivity index is 2.55. The summed E-state index contributed by atoms with van der Waals surface area (Å²) in [6.45, 7) is 5.99. The zero-order chi connectivity index (χ0) is 11.6. The molecule has 5 nitrogen and oxygen atoms in total. The first kappa shape index (κ1) is 12.3. The van der Waals surface area contributed by atoms with E-state index in [0.29, 0.717) is 0 Å². The number of nitrogens with one attached hydrogen (secondary N) is 1. The van der Waals surface area contributed by atoms with Crippen molar-refractivity contribution in [3.8, 4) is 0 Å². The summed E-state index contributed by atoms with van der Waals surface area (Å²) >= 11 is 0. The number of hydrogen-bond donors (Lipinski definition) is 4. The fourth-order valence-electron chi connectivity index (χ4n) is 1.91. The lowest BCUT2D eigenvalue weighted by Gasteiger charge is -2.50. The van der Waals surface area contributed by atoms with Crippen molar-refractivity contribution in [1.82, 2.24) is 5.32 Å². The number of nitrogens with two attached hydrogens (primary N) is 1. The molecule has 3 atom stereocenters. The Kier molecular flexibility index (Phi) is 3.57. The first-order chi connectivity index (χ1) is 6.93. The number of amidine groups is 1. The lowest BCUT2D eigenvalue weighted by molar-refractivity contribution is -0.0739. The van der Waals surface area contributed by atoms with Crippen LogP contribution in [0.15, 0.2) is 5.16 Å². The van der Waals surface area contributed by atoms with Gasteiger partial charge in [-0.2, -0.15) is 0 Å². The highest BCUT2D eigenvalue weighted by molar-refractivity contribution is 5.85. The standard InChI is InChI=1S/C10H21N3O2/c1-4-6(9(11)13-15)12-7-5-8(14)10(7,2)3/h6-8,12,14-15H,4-5H2,1-3H3,(H2,11,13). The average Bonchev–Trinajstić information content (AvgIpc) is 2.22. The maximum atomic E-state index is 9.58. The molecule has 5 N–H and O–H groups in total. The van der Waals surface area contributed by atoms with Crippen LogP contribution in [0.5, 0.6) is 0 Å². The Hall–Kier alpha value is -0.810. The van der Waals surface area contributed by atoms with Gasteiger partial charge >= 0.3 is 0 Å². The van der Waals surface area contributed by atoms with Gasteiger partial charge in [0.25, 0.3) is 0 Å². The Morgan fingerprint density at radius 1 is 1.67 bits per heavy atom. The number of oxime groups is 1. The minimum absolute atomic E-state index is 0.119. The van der Waals surface area contributed by atoms with E-state index in [2.05, 4.69) is 10.5 Å². The molecule has 0 aliphatic heterocycles. The molecule has 1 aliphatic rings. The third-order valence-corrected chi connectivity index (χ3v) is 3.50. The summed E-state index contributed by atoms with van der Waals surface area (Å²) in [5.74, 6) is 0.203. The normalized spacial score (nSPS) is 32.1. The molecule has 1 aliphatic carbocycles. The van der Waals surface area contributed by atoms with Gasteiger partial charge in [-0.25, -0.2) is 0 Å². The average molecular weight is 215 g/mol. The van der Waals surface area contributed by atoms with Crippen LogP contribution in [0, 0.1) is 5.41 Å². The summed E-state index contributed by atoms with van der Waals surface area (Å²) in [6, 6.07) is 0.101. The van der Waals surface area contributed by atoms with Gasteiger partial charge in [-0.1, -0.05) is 25.9 Å². The van der Waals surface area contributed by atoms with Gasteiger partial charge in [-0.05, 0) is 12.8 Å². The van der Waals surface area contributed by atoms with Gasteiger partial charge in [0.05, 0.1) is 12.1 Å². The summed E-state index contributed by atoms with van der Waals surface area (Å²) in [6.07, 6.45) is 1.22. The summed E-state index contributed by atoms with van der Waals surface area (Å²) in [7, 11) is 0. The molecule has 0 radical (unpaired) electrons. The maximum absolute atomic E-state index is 9.58. The van der Waals surface area contributed by atoms with Crippen molar-refractivity contribution in [2.75, 3.05) is 0 Å². The van der Waals surface area contributed by atoms with Crippen molar-refractivity contribution in [1.29, 1.82) is 0 Å². The van der Waals surface area contributed by atoms with Crippen LogP contribution in [0.3, 0.4) is 0 Å². The molecule has 0 aromatic heterocycles. The van der Waals surface area contributed by atoms with Crippen molar-refractivity contribution < 1.29 is 10.3 Å². The molecule has 5 heteroatoms. The van der Waals surface area contributed by atoms with Gasteiger partial charge in [0.2, 0.25) is 0 Å². The summed E-state index contributed by atoms with van der Waals surface area (Å²) < 4.78 is 0. The molecule has 88 valence electrons. The number of aliphatic hydroxyl groups excluding tert-OH is 1. The molecule has 0 aromatic carbocycles. The van der Waals surface area contributed by atoms with Gasteiger partial charge in [0, 0.05) is 11.5 Å². The topological polar surface area (TPSA) is 90.9 Å². The van der Waals surface area contributed by atoms with Crippen molar-refractivity contribution in [3.63, 3.8) is 0 Å². The second kappa shape index (κ2) is 4.37. The predicted molar refractivity (Wildman–Crippen MR) is 58.8 cm³/mol. The van der Waals surface area contributed by atoms with Crippen LogP contribution >= 0.6 is 0 Å². The monoisotopic (exact) mass is 215 g/mol. The van der Waals surface area contributed by atoms with Crippen molar-refractivity contribution in [2.24, 2.45) is 16.3 Å². The molecule has 0 spiro atoms. The van der Waals surface area contributed by atoms with E-state index in [-0.39, 0.29) is 29.4 Å². The van der Waals surface area contributed by atoms with E-state index in [4.69, 9.17) is 10.9 Å². The Morgan fingerprint density at radius 3 is 2.60 bits per heavy atom. The van der Waals surface area contributed by atoms with E-state index in [1.807, 2.05) is 20.8 Å².